The molecule has 0 aliphatic carbocycles. The van der Waals surface area contributed by atoms with Crippen molar-refractivity contribution < 1.29 is 23.0 Å². The number of benzene rings is 2. The number of sulfonamides is 1. The molecule has 2 aromatic carbocycles. The Labute approximate surface area is 165 Å². The maximum atomic E-state index is 14.4. The molecule has 0 saturated heterocycles. The highest BCUT2D eigenvalue weighted by Crippen LogP contribution is 2.45. The molecule has 6 nitrogen and oxygen atoms in total. The van der Waals surface area contributed by atoms with Crippen LogP contribution in [0.5, 0.6) is 11.5 Å². The number of nitrogens with one attached hydrogen (secondary N) is 1. The number of phenolic OH excluding ortho intramolecular Hbond substituents is 2. The Balaban J connectivity index is 0.00000243. The van der Waals surface area contributed by atoms with Crippen LogP contribution in [-0.2, 0) is 16.4 Å². The first-order valence-corrected chi connectivity index (χ1v) is 9.39. The van der Waals surface area contributed by atoms with Crippen molar-refractivity contribution in [2.75, 3.05) is 13.1 Å². The zero-order valence-electron chi connectivity index (χ0n) is 13.4. The fourth-order valence-corrected chi connectivity index (χ4v) is 3.92. The number of aromatic hydroxyl groups is 2. The van der Waals surface area contributed by atoms with Gasteiger partial charge in [-0.05, 0) is 41.8 Å². The van der Waals surface area contributed by atoms with Gasteiger partial charge in [-0.25, -0.2) is 17.9 Å². The fourth-order valence-electron chi connectivity index (χ4n) is 3.07. The molecule has 0 bridgehead atoms. The van der Waals surface area contributed by atoms with Crippen molar-refractivity contribution in [3.8, 4) is 11.5 Å². The van der Waals surface area contributed by atoms with E-state index < -0.39 is 33.3 Å². The fraction of sp³-hybridized carbons (Fsp3) is 0.250. The van der Waals surface area contributed by atoms with Crippen molar-refractivity contribution in [2.45, 2.75) is 17.2 Å². The molecule has 1 unspecified atom stereocenters. The highest BCUT2D eigenvalue weighted by atomic mass is 79.9. The first-order valence-electron chi connectivity index (χ1n) is 7.47. The molecule has 0 radical (unpaired) electrons. The Kier molecular flexibility index (Phi) is 6.19. The molecule has 1 atom stereocenters. The van der Waals surface area contributed by atoms with Crippen molar-refractivity contribution >= 4 is 38.6 Å². The Morgan fingerprint density at radius 1 is 1.19 bits per heavy atom. The van der Waals surface area contributed by atoms with E-state index in [4.69, 9.17) is 16.7 Å². The molecule has 0 aromatic heterocycles. The van der Waals surface area contributed by atoms with E-state index in [1.165, 1.54) is 12.1 Å². The number of fused-ring (bicyclic) bond motifs is 1. The van der Waals surface area contributed by atoms with Crippen LogP contribution in [0.1, 0.15) is 22.6 Å². The molecule has 26 heavy (non-hydrogen) atoms. The van der Waals surface area contributed by atoms with Gasteiger partial charge in [0.1, 0.15) is 0 Å². The SMILES string of the molecule is Br.NS(=O)(=O)c1ccc(C2CNCCc3c(F)c(O)c(O)c(Cl)c32)cc1. The third kappa shape index (κ3) is 3.67. The summed E-state index contributed by atoms with van der Waals surface area (Å²) in [6, 6.07) is 5.86. The molecule has 2 aromatic rings. The maximum absolute atomic E-state index is 14.4. The van der Waals surface area contributed by atoms with Crippen LogP contribution in [-0.4, -0.2) is 31.7 Å². The second-order valence-corrected chi connectivity index (χ2v) is 7.78. The molecule has 10 heteroatoms. The smallest absolute Gasteiger partial charge is 0.238 e. The standard InChI is InChI=1S/C16H16ClFN2O4S.BrH/c17-13-12-10(14(18)16(22)15(13)21)5-6-20-7-11(12)8-1-3-9(4-2-8)25(19,23)24;/h1-4,11,20-22H,5-7H2,(H2,19,23,24);1H. The summed E-state index contributed by atoms with van der Waals surface area (Å²) in [5.41, 5.74) is 1.28. The first kappa shape index (κ1) is 20.9. The summed E-state index contributed by atoms with van der Waals surface area (Å²) in [5, 5.41) is 27.8. The highest BCUT2D eigenvalue weighted by Gasteiger charge is 2.30. The summed E-state index contributed by atoms with van der Waals surface area (Å²) in [6.07, 6.45) is 0.292. The lowest BCUT2D eigenvalue weighted by Crippen LogP contribution is -2.21. The lowest BCUT2D eigenvalue weighted by molar-refractivity contribution is 0.376. The average molecular weight is 468 g/mol. The molecular formula is C16H17BrClFN2O4S. The number of nitrogens with two attached hydrogens (primary N) is 1. The number of hydrogen-bond acceptors (Lipinski definition) is 5. The van der Waals surface area contributed by atoms with Crippen LogP contribution in [0.3, 0.4) is 0 Å². The largest absolute Gasteiger partial charge is 0.503 e. The van der Waals surface area contributed by atoms with Crippen LogP contribution in [0.4, 0.5) is 4.39 Å². The summed E-state index contributed by atoms with van der Waals surface area (Å²) in [5.74, 6) is -2.90. The van der Waals surface area contributed by atoms with Gasteiger partial charge in [0.15, 0.2) is 17.3 Å². The van der Waals surface area contributed by atoms with Crippen LogP contribution < -0.4 is 10.5 Å². The number of phenols is 2. The summed E-state index contributed by atoms with van der Waals surface area (Å²) < 4.78 is 37.2. The van der Waals surface area contributed by atoms with Crippen molar-refractivity contribution in [1.29, 1.82) is 0 Å². The normalized spacial score (nSPS) is 17.1. The minimum absolute atomic E-state index is 0. The molecule has 5 N–H and O–H groups in total. The second kappa shape index (κ2) is 7.69. The van der Waals surface area contributed by atoms with Gasteiger partial charge in [0.2, 0.25) is 10.0 Å². The van der Waals surface area contributed by atoms with Crippen molar-refractivity contribution in [3.63, 3.8) is 0 Å². The van der Waals surface area contributed by atoms with Gasteiger partial charge in [0.05, 0.1) is 9.92 Å². The Bertz CT molecular complexity index is 939. The highest BCUT2D eigenvalue weighted by molar-refractivity contribution is 8.93. The van der Waals surface area contributed by atoms with Crippen LogP contribution >= 0.6 is 28.6 Å². The van der Waals surface area contributed by atoms with Crippen molar-refractivity contribution in [3.05, 3.63) is 51.8 Å². The summed E-state index contributed by atoms with van der Waals surface area (Å²) >= 11 is 6.19. The van der Waals surface area contributed by atoms with E-state index in [0.717, 1.165) is 0 Å². The molecule has 0 saturated carbocycles. The average Bonchev–Trinajstić information content (AvgIpc) is 2.80. The third-order valence-electron chi connectivity index (χ3n) is 4.33. The molecule has 1 aliphatic rings. The molecule has 0 fully saturated rings. The van der Waals surface area contributed by atoms with E-state index in [0.29, 0.717) is 30.6 Å². The molecule has 1 aliphatic heterocycles. The summed E-state index contributed by atoms with van der Waals surface area (Å²) in [4.78, 5) is -0.0381. The van der Waals surface area contributed by atoms with Crippen LogP contribution in [0, 0.1) is 5.82 Å². The Hall–Kier alpha value is -1.39. The Morgan fingerprint density at radius 3 is 2.38 bits per heavy atom. The van der Waals surface area contributed by atoms with E-state index in [9.17, 15) is 23.0 Å². The number of rotatable bonds is 2. The zero-order chi connectivity index (χ0) is 18.4. The molecule has 3 rings (SSSR count). The summed E-state index contributed by atoms with van der Waals surface area (Å²) in [7, 11) is -3.82. The first-order chi connectivity index (χ1) is 11.7. The quantitative estimate of drug-likeness (QED) is 0.507. The van der Waals surface area contributed by atoms with Gasteiger partial charge in [-0.3, -0.25) is 0 Å². The van der Waals surface area contributed by atoms with Gasteiger partial charge in [-0.1, -0.05) is 23.7 Å². The monoisotopic (exact) mass is 466 g/mol. The number of halogens is 3. The maximum Gasteiger partial charge on any atom is 0.238 e. The van der Waals surface area contributed by atoms with Crippen molar-refractivity contribution in [2.24, 2.45) is 5.14 Å². The van der Waals surface area contributed by atoms with Gasteiger partial charge < -0.3 is 15.5 Å². The predicted octanol–water partition coefficient (Wildman–Crippen LogP) is 2.39. The van der Waals surface area contributed by atoms with Crippen LogP contribution in [0.2, 0.25) is 5.02 Å². The predicted molar refractivity (Wildman–Crippen MR) is 101 cm³/mol. The van der Waals surface area contributed by atoms with Crippen LogP contribution in [0.25, 0.3) is 0 Å². The Morgan fingerprint density at radius 2 is 1.81 bits per heavy atom. The minimum atomic E-state index is -3.82. The van der Waals surface area contributed by atoms with Gasteiger partial charge in [0, 0.05) is 12.5 Å². The minimum Gasteiger partial charge on any atom is -0.503 e. The van der Waals surface area contributed by atoms with Gasteiger partial charge >= 0.3 is 0 Å². The number of hydrogen-bond donors (Lipinski definition) is 4. The van der Waals surface area contributed by atoms with Crippen LogP contribution in [0.15, 0.2) is 29.2 Å². The van der Waals surface area contributed by atoms with E-state index in [-0.39, 0.29) is 32.5 Å². The zero-order valence-corrected chi connectivity index (χ0v) is 16.7. The summed E-state index contributed by atoms with van der Waals surface area (Å²) in [6.45, 7) is 0.876. The third-order valence-corrected chi connectivity index (χ3v) is 5.64. The van der Waals surface area contributed by atoms with E-state index in [2.05, 4.69) is 5.32 Å². The van der Waals surface area contributed by atoms with Crippen molar-refractivity contribution in [1.82, 2.24) is 5.32 Å². The lowest BCUT2D eigenvalue weighted by atomic mass is 9.87. The molecule has 1 heterocycles. The van der Waals surface area contributed by atoms with Gasteiger partial charge in [-0.15, -0.1) is 17.0 Å². The molecule has 142 valence electrons. The number of primary sulfonamides is 1. The second-order valence-electron chi connectivity index (χ2n) is 5.84. The van der Waals surface area contributed by atoms with E-state index in [1.54, 1.807) is 12.1 Å². The lowest BCUT2D eigenvalue weighted by Gasteiger charge is -2.21. The van der Waals surface area contributed by atoms with E-state index >= 15 is 0 Å². The van der Waals surface area contributed by atoms with E-state index in [1.807, 2.05) is 0 Å². The van der Waals surface area contributed by atoms with Gasteiger partial charge in [0.25, 0.3) is 0 Å². The van der Waals surface area contributed by atoms with Gasteiger partial charge in [-0.2, -0.15) is 0 Å². The molecule has 0 spiro atoms. The molecular weight excluding hydrogens is 451 g/mol. The topological polar surface area (TPSA) is 113 Å². The molecule has 0 amide bonds.